The maximum Gasteiger partial charge on any atom is 0.250 e. The van der Waals surface area contributed by atoms with Crippen LogP contribution in [0.2, 0.25) is 18.1 Å². The first-order valence-electron chi connectivity index (χ1n) is 12.9. The van der Waals surface area contributed by atoms with Gasteiger partial charge in [-0.1, -0.05) is 46.8 Å². The van der Waals surface area contributed by atoms with Crippen LogP contribution in [-0.4, -0.2) is 14.1 Å². The molecule has 2 nitrogen and oxygen atoms in total. The molecule has 4 aliphatic carbocycles. The number of carbonyl (C=O) groups excluding carboxylic acids is 1. The number of hydrogen-bond donors (Lipinski definition) is 0. The van der Waals surface area contributed by atoms with Crippen LogP contribution in [0.3, 0.4) is 0 Å². The summed E-state index contributed by atoms with van der Waals surface area (Å²) in [4.78, 5) is 12.1. The normalized spacial score (nSPS) is 40.5. The Balaban J connectivity index is 1.48. The molecule has 0 aromatic carbocycles. The Morgan fingerprint density at radius 2 is 1.81 bits per heavy atom. The van der Waals surface area contributed by atoms with Crippen molar-refractivity contribution in [1.82, 2.24) is 0 Å². The van der Waals surface area contributed by atoms with Crippen molar-refractivity contribution < 1.29 is 9.22 Å². The summed E-state index contributed by atoms with van der Waals surface area (Å²) in [7, 11) is -1.80. The fourth-order valence-electron chi connectivity index (χ4n) is 7.83. The predicted molar refractivity (Wildman–Crippen MR) is 132 cm³/mol. The highest BCUT2D eigenvalue weighted by Gasteiger charge is 2.58. The van der Waals surface area contributed by atoms with Crippen molar-refractivity contribution in [2.75, 3.05) is 0 Å². The fourth-order valence-corrected chi connectivity index (χ4v) is 8.95. The summed E-state index contributed by atoms with van der Waals surface area (Å²) in [6.45, 7) is 21.1. The zero-order valence-corrected chi connectivity index (χ0v) is 22.3. The highest BCUT2D eigenvalue weighted by molar-refractivity contribution is 6.74. The summed E-state index contributed by atoms with van der Waals surface area (Å²) >= 11 is 0. The van der Waals surface area contributed by atoms with E-state index < -0.39 is 8.32 Å². The Morgan fingerprint density at radius 1 is 1.10 bits per heavy atom. The highest BCUT2D eigenvalue weighted by atomic mass is 28.4. The molecule has 0 aromatic heterocycles. The average molecular weight is 443 g/mol. The molecule has 0 amide bonds. The minimum absolute atomic E-state index is 0.222. The van der Waals surface area contributed by atoms with E-state index >= 15 is 0 Å². The van der Waals surface area contributed by atoms with Gasteiger partial charge in [-0.3, -0.25) is 4.79 Å². The summed E-state index contributed by atoms with van der Waals surface area (Å²) in [5, 5.41) is 0.222. The summed E-state index contributed by atoms with van der Waals surface area (Å²) in [6.07, 6.45) is 12.8. The van der Waals surface area contributed by atoms with Gasteiger partial charge in [0.25, 0.3) is 0 Å². The van der Waals surface area contributed by atoms with E-state index in [2.05, 4.69) is 54.3 Å². The first-order valence-corrected chi connectivity index (χ1v) is 15.8. The van der Waals surface area contributed by atoms with Gasteiger partial charge in [0.1, 0.15) is 0 Å². The SMILES string of the molecule is C=C(C[C@@H]1CC[C@H]2[C@@H]3CCC4=CC(=O)CC[C@]4(C)[C@H]3CC[C@]12C)O[Si](C)(C)C(C)(C)C. The molecular weight excluding hydrogens is 396 g/mol. The molecule has 0 unspecified atom stereocenters. The standard InChI is InChI=1S/C28H46O2Si/c1-19(30-31(7,8)26(2,3)4)17-20-10-12-24-23-11-9-21-18-22(29)13-15-27(21,5)25(23)14-16-28(20,24)6/h18,20,23-25H,1,9-17H2,2-8H3/t20-,23-,24-,25-,27-,28+/m0/s1. The van der Waals surface area contributed by atoms with Crippen molar-refractivity contribution in [3.05, 3.63) is 24.0 Å². The van der Waals surface area contributed by atoms with Crippen molar-refractivity contribution in [2.24, 2.45) is 34.5 Å². The van der Waals surface area contributed by atoms with E-state index in [9.17, 15) is 4.79 Å². The molecule has 0 spiro atoms. The summed E-state index contributed by atoms with van der Waals surface area (Å²) < 4.78 is 6.60. The number of allylic oxidation sites excluding steroid dienone is 2. The zero-order valence-electron chi connectivity index (χ0n) is 21.3. The van der Waals surface area contributed by atoms with E-state index in [4.69, 9.17) is 4.43 Å². The van der Waals surface area contributed by atoms with Gasteiger partial charge in [0, 0.05) is 12.8 Å². The van der Waals surface area contributed by atoms with Gasteiger partial charge in [0.15, 0.2) is 5.78 Å². The van der Waals surface area contributed by atoms with Gasteiger partial charge in [-0.05, 0) is 104 Å². The first kappa shape index (κ1) is 23.3. The molecule has 3 fully saturated rings. The molecule has 6 atom stereocenters. The van der Waals surface area contributed by atoms with Crippen LogP contribution >= 0.6 is 0 Å². The molecule has 0 N–H and O–H groups in total. The summed E-state index contributed by atoms with van der Waals surface area (Å²) in [5.74, 6) is 4.60. The van der Waals surface area contributed by atoms with E-state index in [1.165, 1.54) is 37.7 Å². The van der Waals surface area contributed by atoms with Crippen LogP contribution in [0.15, 0.2) is 24.0 Å². The van der Waals surface area contributed by atoms with Crippen LogP contribution in [0, 0.1) is 34.5 Å². The molecule has 0 aromatic rings. The minimum atomic E-state index is -1.80. The maximum atomic E-state index is 12.1. The quantitative estimate of drug-likeness (QED) is 0.325. The summed E-state index contributed by atoms with van der Waals surface area (Å²) in [5.41, 5.74) is 2.20. The van der Waals surface area contributed by atoms with Gasteiger partial charge in [0.05, 0.1) is 5.76 Å². The van der Waals surface area contributed by atoms with E-state index in [-0.39, 0.29) is 10.5 Å². The van der Waals surface area contributed by atoms with Crippen LogP contribution in [0.4, 0.5) is 0 Å². The van der Waals surface area contributed by atoms with Gasteiger partial charge < -0.3 is 4.43 Å². The third kappa shape index (κ3) is 3.81. The van der Waals surface area contributed by atoms with Gasteiger partial charge in [-0.2, -0.15) is 0 Å². The van der Waals surface area contributed by atoms with Crippen LogP contribution in [0.25, 0.3) is 0 Å². The fraction of sp³-hybridized carbons (Fsp3) is 0.821. The Kier molecular flexibility index (Phi) is 5.72. The molecule has 4 rings (SSSR count). The lowest BCUT2D eigenvalue weighted by Crippen LogP contribution is -2.50. The molecule has 3 saturated carbocycles. The molecule has 174 valence electrons. The lowest BCUT2D eigenvalue weighted by Gasteiger charge is -2.58. The van der Waals surface area contributed by atoms with Crippen molar-refractivity contribution in [3.63, 3.8) is 0 Å². The second-order valence-electron chi connectivity index (χ2n) is 13.4. The second-order valence-corrected chi connectivity index (χ2v) is 18.1. The van der Waals surface area contributed by atoms with E-state index in [0.717, 1.165) is 49.2 Å². The Bertz CT molecular complexity index is 787. The second kappa shape index (κ2) is 7.60. The predicted octanol–water partition coefficient (Wildman–Crippen LogP) is 8.06. The Hall–Kier alpha value is -0.833. The smallest absolute Gasteiger partial charge is 0.250 e. The van der Waals surface area contributed by atoms with Crippen molar-refractivity contribution >= 4 is 14.1 Å². The van der Waals surface area contributed by atoms with Gasteiger partial charge in [0.2, 0.25) is 8.32 Å². The zero-order chi connectivity index (χ0) is 22.8. The largest absolute Gasteiger partial charge is 0.547 e. The van der Waals surface area contributed by atoms with Crippen molar-refractivity contribution in [1.29, 1.82) is 0 Å². The van der Waals surface area contributed by atoms with Crippen LogP contribution in [-0.2, 0) is 9.22 Å². The molecule has 0 radical (unpaired) electrons. The monoisotopic (exact) mass is 442 g/mol. The van der Waals surface area contributed by atoms with Crippen LogP contribution in [0.5, 0.6) is 0 Å². The van der Waals surface area contributed by atoms with Crippen LogP contribution < -0.4 is 0 Å². The molecule has 0 saturated heterocycles. The van der Waals surface area contributed by atoms with Gasteiger partial charge in [-0.15, -0.1) is 0 Å². The third-order valence-corrected chi connectivity index (χ3v) is 15.2. The van der Waals surface area contributed by atoms with E-state index in [1.807, 2.05) is 6.08 Å². The number of carbonyl (C=O) groups is 1. The molecule has 3 heteroatoms. The molecule has 31 heavy (non-hydrogen) atoms. The van der Waals surface area contributed by atoms with Crippen molar-refractivity contribution in [2.45, 2.75) is 111 Å². The highest BCUT2D eigenvalue weighted by Crippen LogP contribution is 2.67. The first-order chi connectivity index (χ1) is 14.3. The van der Waals surface area contributed by atoms with E-state index in [0.29, 0.717) is 17.1 Å². The minimum Gasteiger partial charge on any atom is -0.547 e. The molecule has 0 heterocycles. The number of hydrogen-bond acceptors (Lipinski definition) is 2. The molecule has 0 bridgehead atoms. The lowest BCUT2D eigenvalue weighted by atomic mass is 9.47. The van der Waals surface area contributed by atoms with E-state index in [1.54, 1.807) is 0 Å². The Morgan fingerprint density at radius 3 is 2.48 bits per heavy atom. The lowest BCUT2D eigenvalue weighted by molar-refractivity contribution is -0.117. The number of ketones is 1. The average Bonchev–Trinajstić information content (AvgIpc) is 2.97. The summed E-state index contributed by atoms with van der Waals surface area (Å²) in [6, 6.07) is 0. The van der Waals surface area contributed by atoms with Gasteiger partial charge in [-0.25, -0.2) is 0 Å². The molecule has 4 aliphatic rings. The van der Waals surface area contributed by atoms with Gasteiger partial charge >= 0.3 is 0 Å². The maximum absolute atomic E-state index is 12.1. The Labute approximate surface area is 192 Å². The number of fused-ring (bicyclic) bond motifs is 5. The molecular formula is C28H46O2Si. The third-order valence-electron chi connectivity index (χ3n) is 10.8. The molecule has 0 aliphatic heterocycles. The van der Waals surface area contributed by atoms with Crippen molar-refractivity contribution in [3.8, 4) is 0 Å². The van der Waals surface area contributed by atoms with Crippen LogP contribution in [0.1, 0.15) is 92.4 Å². The topological polar surface area (TPSA) is 26.3 Å². The number of rotatable bonds is 4.